The minimum absolute atomic E-state index is 0. The molecule has 0 aliphatic carbocycles. The summed E-state index contributed by atoms with van der Waals surface area (Å²) in [6.07, 6.45) is 5.18. The van der Waals surface area contributed by atoms with E-state index in [1.54, 1.807) is 0 Å². The molecule has 0 spiro atoms. The number of amides is 1. The van der Waals surface area contributed by atoms with Crippen molar-refractivity contribution in [2.45, 2.75) is 71.9 Å². The van der Waals surface area contributed by atoms with E-state index in [0.29, 0.717) is 24.2 Å². The molecule has 0 aromatic heterocycles. The maximum absolute atomic E-state index is 12.5. The van der Waals surface area contributed by atoms with E-state index in [1.165, 1.54) is 6.42 Å². The topological polar surface area (TPSA) is 46.3 Å². The molecule has 1 aliphatic heterocycles. The zero-order valence-electron chi connectivity index (χ0n) is 12.9. The zero-order valence-corrected chi connectivity index (χ0v) is 13.7. The molecule has 4 heteroatoms. The minimum Gasteiger partial charge on any atom is -0.338 e. The maximum Gasteiger partial charge on any atom is 0.223 e. The van der Waals surface area contributed by atoms with E-state index < -0.39 is 0 Å². The molecule has 1 aliphatic rings. The normalized spacial score (nSPS) is 22.8. The van der Waals surface area contributed by atoms with Crippen LogP contribution < -0.4 is 5.73 Å². The van der Waals surface area contributed by atoms with Crippen molar-refractivity contribution in [2.24, 2.45) is 17.6 Å². The number of carbonyl (C=O) groups excluding carboxylic acids is 1. The first-order valence-corrected chi connectivity index (χ1v) is 7.52. The minimum atomic E-state index is 0. The van der Waals surface area contributed by atoms with Gasteiger partial charge in [0.25, 0.3) is 0 Å². The van der Waals surface area contributed by atoms with Crippen molar-refractivity contribution >= 4 is 18.3 Å². The van der Waals surface area contributed by atoms with Crippen LogP contribution in [0.1, 0.15) is 59.8 Å². The van der Waals surface area contributed by atoms with E-state index in [1.807, 2.05) is 6.92 Å². The van der Waals surface area contributed by atoms with Crippen LogP contribution in [0.15, 0.2) is 0 Å². The fourth-order valence-corrected chi connectivity index (χ4v) is 3.01. The van der Waals surface area contributed by atoms with E-state index in [9.17, 15) is 4.79 Å². The molecular weight excluding hydrogens is 260 g/mol. The Morgan fingerprint density at radius 2 is 1.95 bits per heavy atom. The Morgan fingerprint density at radius 1 is 1.32 bits per heavy atom. The molecule has 1 saturated heterocycles. The largest absolute Gasteiger partial charge is 0.338 e. The molecule has 19 heavy (non-hydrogen) atoms. The highest BCUT2D eigenvalue weighted by molar-refractivity contribution is 5.85. The Labute approximate surface area is 124 Å². The zero-order chi connectivity index (χ0) is 13.7. The number of likely N-dealkylation sites (tertiary alicyclic amines) is 1. The van der Waals surface area contributed by atoms with Crippen molar-refractivity contribution in [1.29, 1.82) is 0 Å². The fourth-order valence-electron chi connectivity index (χ4n) is 3.01. The molecule has 1 heterocycles. The van der Waals surface area contributed by atoms with E-state index in [0.717, 1.165) is 25.8 Å². The van der Waals surface area contributed by atoms with Crippen LogP contribution in [0.4, 0.5) is 0 Å². The highest BCUT2D eigenvalue weighted by Crippen LogP contribution is 2.24. The summed E-state index contributed by atoms with van der Waals surface area (Å²) in [6.45, 7) is 9.52. The number of nitrogens with zero attached hydrogens (tertiary/aromatic N) is 1. The van der Waals surface area contributed by atoms with Gasteiger partial charge < -0.3 is 10.6 Å². The third kappa shape index (κ3) is 5.31. The molecule has 0 bridgehead atoms. The molecular formula is C15H31ClN2O. The standard InChI is InChI=1S/C15H30N2O.ClH/c1-5-13(11(2)3)10-15(18)17-9-7-6-8-14(17)12(4)16;/h11-14H,5-10,16H2,1-4H3;1H. The average molecular weight is 291 g/mol. The maximum atomic E-state index is 12.5. The molecule has 3 nitrogen and oxygen atoms in total. The van der Waals surface area contributed by atoms with Crippen molar-refractivity contribution in [3.8, 4) is 0 Å². The second kappa shape index (κ2) is 8.80. The monoisotopic (exact) mass is 290 g/mol. The van der Waals surface area contributed by atoms with Gasteiger partial charge in [0, 0.05) is 25.0 Å². The Bertz CT molecular complexity index is 269. The van der Waals surface area contributed by atoms with Crippen molar-refractivity contribution < 1.29 is 4.79 Å². The van der Waals surface area contributed by atoms with Gasteiger partial charge in [0.15, 0.2) is 0 Å². The van der Waals surface area contributed by atoms with Gasteiger partial charge in [0.05, 0.1) is 0 Å². The van der Waals surface area contributed by atoms with E-state index in [4.69, 9.17) is 5.73 Å². The van der Waals surface area contributed by atoms with Crippen LogP contribution in [-0.2, 0) is 4.79 Å². The first-order valence-electron chi connectivity index (χ1n) is 7.52. The van der Waals surface area contributed by atoms with Gasteiger partial charge in [-0.25, -0.2) is 0 Å². The molecule has 0 saturated carbocycles. The molecule has 3 atom stereocenters. The van der Waals surface area contributed by atoms with Gasteiger partial charge in [-0.05, 0) is 38.0 Å². The number of piperidine rings is 1. The molecule has 0 aromatic carbocycles. The number of hydrogen-bond acceptors (Lipinski definition) is 2. The molecule has 2 N–H and O–H groups in total. The number of hydrogen-bond donors (Lipinski definition) is 1. The van der Waals surface area contributed by atoms with Gasteiger partial charge in [-0.15, -0.1) is 12.4 Å². The molecule has 1 rings (SSSR count). The van der Waals surface area contributed by atoms with Crippen LogP contribution in [0, 0.1) is 11.8 Å². The lowest BCUT2D eigenvalue weighted by Crippen LogP contribution is -2.52. The van der Waals surface area contributed by atoms with Gasteiger partial charge in [-0.1, -0.05) is 27.2 Å². The fraction of sp³-hybridized carbons (Fsp3) is 0.933. The van der Waals surface area contributed by atoms with Crippen LogP contribution in [0.2, 0.25) is 0 Å². The summed E-state index contributed by atoms with van der Waals surface area (Å²) >= 11 is 0. The average Bonchev–Trinajstić information content (AvgIpc) is 2.35. The molecule has 0 radical (unpaired) electrons. The highest BCUT2D eigenvalue weighted by Gasteiger charge is 2.30. The Balaban J connectivity index is 0.00000324. The van der Waals surface area contributed by atoms with E-state index in [-0.39, 0.29) is 24.5 Å². The second-order valence-electron chi connectivity index (χ2n) is 6.13. The van der Waals surface area contributed by atoms with Crippen molar-refractivity contribution in [1.82, 2.24) is 4.90 Å². The van der Waals surface area contributed by atoms with Crippen molar-refractivity contribution in [3.63, 3.8) is 0 Å². The smallest absolute Gasteiger partial charge is 0.223 e. The molecule has 1 fully saturated rings. The van der Waals surface area contributed by atoms with E-state index >= 15 is 0 Å². The van der Waals surface area contributed by atoms with Gasteiger partial charge in [-0.3, -0.25) is 4.79 Å². The number of halogens is 1. The summed E-state index contributed by atoms with van der Waals surface area (Å²) in [6, 6.07) is 0.351. The van der Waals surface area contributed by atoms with Gasteiger partial charge >= 0.3 is 0 Å². The van der Waals surface area contributed by atoms with Crippen LogP contribution >= 0.6 is 12.4 Å². The first-order chi connectivity index (χ1) is 8.47. The quantitative estimate of drug-likeness (QED) is 0.845. The van der Waals surface area contributed by atoms with Gasteiger partial charge in [0.1, 0.15) is 0 Å². The number of carbonyl (C=O) groups is 1. The lowest BCUT2D eigenvalue weighted by atomic mass is 9.88. The summed E-state index contributed by atoms with van der Waals surface area (Å²) in [5.74, 6) is 1.41. The lowest BCUT2D eigenvalue weighted by Gasteiger charge is -2.39. The predicted octanol–water partition coefficient (Wildman–Crippen LogP) is 3.21. The van der Waals surface area contributed by atoms with Gasteiger partial charge in [-0.2, -0.15) is 0 Å². The summed E-state index contributed by atoms with van der Waals surface area (Å²) in [5.41, 5.74) is 6.02. The SMILES string of the molecule is CCC(CC(=O)N1CCCCC1C(C)N)C(C)C.Cl. The van der Waals surface area contributed by atoms with Crippen LogP contribution in [-0.4, -0.2) is 29.4 Å². The number of rotatable bonds is 5. The third-order valence-electron chi connectivity index (χ3n) is 4.38. The molecule has 3 unspecified atom stereocenters. The highest BCUT2D eigenvalue weighted by atomic mass is 35.5. The van der Waals surface area contributed by atoms with Crippen molar-refractivity contribution in [2.75, 3.05) is 6.54 Å². The summed E-state index contributed by atoms with van der Waals surface area (Å²) in [7, 11) is 0. The molecule has 114 valence electrons. The Morgan fingerprint density at radius 3 is 2.42 bits per heavy atom. The predicted molar refractivity (Wildman–Crippen MR) is 83.5 cm³/mol. The molecule has 1 amide bonds. The lowest BCUT2D eigenvalue weighted by molar-refractivity contribution is -0.136. The Kier molecular flexibility index (Phi) is 8.67. The second-order valence-corrected chi connectivity index (χ2v) is 6.13. The summed E-state index contributed by atoms with van der Waals surface area (Å²) in [5, 5.41) is 0. The van der Waals surface area contributed by atoms with Crippen LogP contribution in [0.3, 0.4) is 0 Å². The third-order valence-corrected chi connectivity index (χ3v) is 4.38. The number of nitrogens with two attached hydrogens (primary N) is 1. The first kappa shape index (κ1) is 18.7. The Hall–Kier alpha value is -0.280. The summed E-state index contributed by atoms with van der Waals surface area (Å²) < 4.78 is 0. The van der Waals surface area contributed by atoms with E-state index in [2.05, 4.69) is 25.7 Å². The molecule has 0 aromatic rings. The van der Waals surface area contributed by atoms with Gasteiger partial charge in [0.2, 0.25) is 5.91 Å². The summed E-state index contributed by atoms with van der Waals surface area (Å²) in [4.78, 5) is 14.5. The van der Waals surface area contributed by atoms with Crippen LogP contribution in [0.5, 0.6) is 0 Å². The van der Waals surface area contributed by atoms with Crippen molar-refractivity contribution in [3.05, 3.63) is 0 Å². The van der Waals surface area contributed by atoms with Crippen LogP contribution in [0.25, 0.3) is 0 Å².